The lowest BCUT2D eigenvalue weighted by atomic mass is 9.95. The van der Waals surface area contributed by atoms with Crippen molar-refractivity contribution in [2.45, 2.75) is 51.3 Å². The van der Waals surface area contributed by atoms with Gasteiger partial charge in [-0.15, -0.1) is 12.4 Å². The van der Waals surface area contributed by atoms with Crippen molar-refractivity contribution in [3.05, 3.63) is 59.4 Å². The highest BCUT2D eigenvalue weighted by Gasteiger charge is 2.15. The van der Waals surface area contributed by atoms with Crippen LogP contribution < -0.4 is 14.8 Å². The van der Waals surface area contributed by atoms with E-state index in [1.54, 1.807) is 19.2 Å². The lowest BCUT2D eigenvalue weighted by Crippen LogP contribution is -2.30. The molecule has 1 saturated carbocycles. The number of para-hydroxylation sites is 1. The van der Waals surface area contributed by atoms with Crippen LogP contribution in [-0.4, -0.2) is 13.2 Å². The van der Waals surface area contributed by atoms with Crippen LogP contribution in [0.25, 0.3) is 0 Å². The Morgan fingerprint density at radius 1 is 1.04 bits per heavy atom. The van der Waals surface area contributed by atoms with Crippen LogP contribution in [0.2, 0.25) is 0 Å². The summed E-state index contributed by atoms with van der Waals surface area (Å²) in [4.78, 5) is 0. The average Bonchev–Trinajstić information content (AvgIpc) is 2.67. The molecule has 0 radical (unpaired) electrons. The summed E-state index contributed by atoms with van der Waals surface area (Å²) in [5.74, 6) is 1.25. The van der Waals surface area contributed by atoms with Gasteiger partial charge in [-0.25, -0.2) is 4.39 Å². The zero-order valence-corrected chi connectivity index (χ0v) is 16.0. The first-order valence-corrected chi connectivity index (χ1v) is 9.03. The van der Waals surface area contributed by atoms with Gasteiger partial charge in [-0.2, -0.15) is 0 Å². The quantitative estimate of drug-likeness (QED) is 0.712. The molecule has 1 N–H and O–H groups in total. The second kappa shape index (κ2) is 10.4. The molecule has 0 saturated heterocycles. The third-order valence-electron chi connectivity index (χ3n) is 4.76. The van der Waals surface area contributed by atoms with E-state index in [0.717, 1.165) is 29.2 Å². The fraction of sp³-hybridized carbons (Fsp3) is 0.429. The van der Waals surface area contributed by atoms with E-state index >= 15 is 0 Å². The van der Waals surface area contributed by atoms with Gasteiger partial charge in [0.05, 0.1) is 7.11 Å². The highest BCUT2D eigenvalue weighted by atomic mass is 35.5. The molecule has 0 aliphatic heterocycles. The zero-order chi connectivity index (χ0) is 17.5. The molecule has 2 aromatic carbocycles. The van der Waals surface area contributed by atoms with Gasteiger partial charge >= 0.3 is 0 Å². The fourth-order valence-electron chi connectivity index (χ4n) is 3.32. The van der Waals surface area contributed by atoms with Gasteiger partial charge < -0.3 is 14.8 Å². The Morgan fingerprint density at radius 3 is 2.46 bits per heavy atom. The maximum Gasteiger partial charge on any atom is 0.166 e. The van der Waals surface area contributed by atoms with Gasteiger partial charge in [-0.05, 0) is 36.6 Å². The highest BCUT2D eigenvalue weighted by molar-refractivity contribution is 5.85. The SMILES string of the molecule is COc1cccc(CNC2CCCCC2)c1OCc1ccc(F)cc1.Cl. The number of ether oxygens (including phenoxy) is 2. The summed E-state index contributed by atoms with van der Waals surface area (Å²) < 4.78 is 24.6. The lowest BCUT2D eigenvalue weighted by molar-refractivity contribution is 0.279. The smallest absolute Gasteiger partial charge is 0.166 e. The molecule has 5 heteroatoms. The molecule has 1 aliphatic rings. The second-order valence-electron chi connectivity index (χ2n) is 6.58. The second-order valence-corrected chi connectivity index (χ2v) is 6.58. The van der Waals surface area contributed by atoms with Crippen LogP contribution in [-0.2, 0) is 13.2 Å². The molecular weight excluding hydrogens is 353 g/mol. The molecule has 0 heterocycles. The van der Waals surface area contributed by atoms with Crippen LogP contribution in [0.15, 0.2) is 42.5 Å². The van der Waals surface area contributed by atoms with E-state index in [-0.39, 0.29) is 18.2 Å². The Labute approximate surface area is 161 Å². The van der Waals surface area contributed by atoms with Crippen molar-refractivity contribution < 1.29 is 13.9 Å². The van der Waals surface area contributed by atoms with Crippen molar-refractivity contribution in [1.29, 1.82) is 0 Å². The lowest BCUT2D eigenvalue weighted by Gasteiger charge is -2.24. The van der Waals surface area contributed by atoms with Gasteiger partial charge in [0.2, 0.25) is 0 Å². The molecule has 1 aliphatic carbocycles. The molecule has 142 valence electrons. The number of hydrogen-bond donors (Lipinski definition) is 1. The summed E-state index contributed by atoms with van der Waals surface area (Å²) >= 11 is 0. The molecule has 0 bridgehead atoms. The molecule has 0 amide bonds. The van der Waals surface area contributed by atoms with Crippen molar-refractivity contribution in [2.24, 2.45) is 0 Å². The van der Waals surface area contributed by atoms with E-state index in [0.29, 0.717) is 12.6 Å². The van der Waals surface area contributed by atoms with Crippen LogP contribution in [0.5, 0.6) is 11.5 Å². The summed E-state index contributed by atoms with van der Waals surface area (Å²) in [6.07, 6.45) is 6.46. The summed E-state index contributed by atoms with van der Waals surface area (Å²) in [6.45, 7) is 1.15. The molecule has 3 nitrogen and oxygen atoms in total. The van der Waals surface area contributed by atoms with Crippen molar-refractivity contribution in [3.8, 4) is 11.5 Å². The van der Waals surface area contributed by atoms with Gasteiger partial charge in [0.1, 0.15) is 12.4 Å². The maximum atomic E-state index is 13.0. The number of benzene rings is 2. The van der Waals surface area contributed by atoms with Crippen LogP contribution in [0, 0.1) is 5.82 Å². The van der Waals surface area contributed by atoms with Gasteiger partial charge in [-0.3, -0.25) is 0 Å². The molecule has 0 aromatic heterocycles. The summed E-state index contributed by atoms with van der Waals surface area (Å²) in [6, 6.07) is 12.9. The molecule has 0 unspecified atom stereocenters. The zero-order valence-electron chi connectivity index (χ0n) is 15.2. The van der Waals surface area contributed by atoms with Gasteiger partial charge in [-0.1, -0.05) is 43.5 Å². The molecular formula is C21H27ClFNO2. The summed E-state index contributed by atoms with van der Waals surface area (Å²) in [5, 5.41) is 3.65. The predicted molar refractivity (Wildman–Crippen MR) is 105 cm³/mol. The highest BCUT2D eigenvalue weighted by Crippen LogP contribution is 2.32. The van der Waals surface area contributed by atoms with Crippen LogP contribution in [0.4, 0.5) is 4.39 Å². The Bertz CT molecular complexity index is 672. The van der Waals surface area contributed by atoms with E-state index in [2.05, 4.69) is 11.4 Å². The first-order valence-electron chi connectivity index (χ1n) is 9.03. The van der Waals surface area contributed by atoms with E-state index < -0.39 is 0 Å². The average molecular weight is 380 g/mol. The van der Waals surface area contributed by atoms with E-state index in [1.165, 1.54) is 44.2 Å². The van der Waals surface area contributed by atoms with Gasteiger partial charge in [0, 0.05) is 18.2 Å². The fourth-order valence-corrected chi connectivity index (χ4v) is 3.32. The first kappa shape index (κ1) is 20.5. The predicted octanol–water partition coefficient (Wildman–Crippen LogP) is 5.26. The van der Waals surface area contributed by atoms with Crippen LogP contribution in [0.3, 0.4) is 0 Å². The first-order chi connectivity index (χ1) is 12.3. The third kappa shape index (κ3) is 5.61. The summed E-state index contributed by atoms with van der Waals surface area (Å²) in [7, 11) is 1.65. The number of rotatable bonds is 7. The molecule has 3 rings (SSSR count). The maximum absolute atomic E-state index is 13.0. The van der Waals surface area contributed by atoms with Crippen molar-refractivity contribution in [1.82, 2.24) is 5.32 Å². The van der Waals surface area contributed by atoms with Crippen LogP contribution >= 0.6 is 12.4 Å². The Balaban J connectivity index is 0.00000243. The molecule has 2 aromatic rings. The molecule has 0 atom stereocenters. The molecule has 26 heavy (non-hydrogen) atoms. The largest absolute Gasteiger partial charge is 0.493 e. The van der Waals surface area contributed by atoms with E-state index in [9.17, 15) is 4.39 Å². The monoisotopic (exact) mass is 379 g/mol. The van der Waals surface area contributed by atoms with Gasteiger partial charge in [0.25, 0.3) is 0 Å². The normalized spacial score (nSPS) is 14.5. The van der Waals surface area contributed by atoms with Crippen molar-refractivity contribution in [3.63, 3.8) is 0 Å². The Morgan fingerprint density at radius 2 is 1.77 bits per heavy atom. The molecule has 0 spiro atoms. The Kier molecular flexibility index (Phi) is 8.20. The van der Waals surface area contributed by atoms with Crippen molar-refractivity contribution >= 4 is 12.4 Å². The number of hydrogen-bond acceptors (Lipinski definition) is 3. The third-order valence-corrected chi connectivity index (χ3v) is 4.76. The number of methoxy groups -OCH3 is 1. The number of halogens is 2. The standard InChI is InChI=1S/C21H26FNO2.ClH/c1-24-20-9-5-6-17(14-23-19-7-3-2-4-8-19)21(20)25-15-16-10-12-18(22)13-11-16;/h5-6,9-13,19,23H,2-4,7-8,14-15H2,1H3;1H. The number of nitrogens with one attached hydrogen (secondary N) is 1. The minimum Gasteiger partial charge on any atom is -0.493 e. The minimum atomic E-state index is -0.238. The Hall–Kier alpha value is -1.78. The van der Waals surface area contributed by atoms with Gasteiger partial charge in [0.15, 0.2) is 11.5 Å². The summed E-state index contributed by atoms with van der Waals surface area (Å²) in [5.41, 5.74) is 2.02. The van der Waals surface area contributed by atoms with Crippen LogP contribution in [0.1, 0.15) is 43.2 Å². The molecule has 1 fully saturated rings. The minimum absolute atomic E-state index is 0. The topological polar surface area (TPSA) is 30.5 Å². The van der Waals surface area contributed by atoms with E-state index in [1.807, 2.05) is 12.1 Å². The van der Waals surface area contributed by atoms with Crippen molar-refractivity contribution in [2.75, 3.05) is 7.11 Å². The van der Waals surface area contributed by atoms with E-state index in [4.69, 9.17) is 9.47 Å².